The summed E-state index contributed by atoms with van der Waals surface area (Å²) in [6.07, 6.45) is -1.62. The number of nitrogens with zero attached hydrogens (tertiary/aromatic N) is 1. The lowest BCUT2D eigenvalue weighted by atomic mass is 10.2. The van der Waals surface area contributed by atoms with Crippen LogP contribution in [0.25, 0.3) is 0 Å². The number of hydrogen-bond donors (Lipinski definition) is 4. The van der Waals surface area contributed by atoms with E-state index in [-0.39, 0.29) is 13.0 Å². The molecule has 0 bridgehead atoms. The molecule has 0 saturated carbocycles. The second-order valence-corrected chi connectivity index (χ2v) is 4.74. The number of amides is 2. The van der Waals surface area contributed by atoms with E-state index in [1.54, 1.807) is 18.2 Å². The molecule has 4 N–H and O–H groups in total. The van der Waals surface area contributed by atoms with Crippen molar-refractivity contribution in [2.24, 2.45) is 0 Å². The van der Waals surface area contributed by atoms with Gasteiger partial charge in [-0.3, -0.25) is 0 Å². The van der Waals surface area contributed by atoms with Gasteiger partial charge in [0.15, 0.2) is 6.10 Å². The SMILES string of the molecule is N#Cc1ccc(Br)cc1NC(=O)NCC[C@H](O)C(=O)O. The number of urea groups is 1. The zero-order valence-corrected chi connectivity index (χ0v) is 11.8. The number of carboxylic acids is 1. The second kappa shape index (κ2) is 7.47. The van der Waals surface area contributed by atoms with Crippen LogP contribution in [0.15, 0.2) is 22.7 Å². The molecule has 0 radical (unpaired) electrons. The first-order chi connectivity index (χ1) is 9.43. The van der Waals surface area contributed by atoms with Crippen LogP contribution >= 0.6 is 15.9 Å². The summed E-state index contributed by atoms with van der Waals surface area (Å²) in [7, 11) is 0. The lowest BCUT2D eigenvalue weighted by Gasteiger charge is -2.10. The lowest BCUT2D eigenvalue weighted by molar-refractivity contribution is -0.146. The van der Waals surface area contributed by atoms with Crippen LogP contribution in [0, 0.1) is 11.3 Å². The van der Waals surface area contributed by atoms with Crippen LogP contribution in [0.2, 0.25) is 0 Å². The predicted molar refractivity (Wildman–Crippen MR) is 74.1 cm³/mol. The van der Waals surface area contributed by atoms with Crippen molar-refractivity contribution >= 4 is 33.6 Å². The fraction of sp³-hybridized carbons (Fsp3) is 0.250. The molecule has 1 aromatic rings. The van der Waals surface area contributed by atoms with Gasteiger partial charge in [-0.15, -0.1) is 0 Å². The highest BCUT2D eigenvalue weighted by molar-refractivity contribution is 9.10. The summed E-state index contributed by atoms with van der Waals surface area (Å²) in [5.41, 5.74) is 0.632. The Hall–Kier alpha value is -2.11. The number of nitrogens with one attached hydrogen (secondary N) is 2. The third kappa shape index (κ3) is 4.87. The Labute approximate surface area is 123 Å². The van der Waals surface area contributed by atoms with Gasteiger partial charge in [-0.25, -0.2) is 9.59 Å². The third-order valence-corrected chi connectivity index (χ3v) is 2.83. The fourth-order valence-electron chi connectivity index (χ4n) is 1.33. The van der Waals surface area contributed by atoms with E-state index in [1.165, 1.54) is 0 Å². The van der Waals surface area contributed by atoms with Crippen LogP contribution < -0.4 is 10.6 Å². The number of aliphatic hydroxyl groups is 1. The first-order valence-electron chi connectivity index (χ1n) is 5.59. The van der Waals surface area contributed by atoms with Gasteiger partial charge in [-0.05, 0) is 18.2 Å². The van der Waals surface area contributed by atoms with E-state index in [2.05, 4.69) is 26.6 Å². The first-order valence-corrected chi connectivity index (χ1v) is 6.38. The van der Waals surface area contributed by atoms with E-state index in [1.807, 2.05) is 6.07 Å². The molecule has 7 nitrogen and oxygen atoms in total. The molecule has 1 atom stereocenters. The van der Waals surface area contributed by atoms with E-state index in [0.29, 0.717) is 15.7 Å². The van der Waals surface area contributed by atoms with E-state index < -0.39 is 18.1 Å². The van der Waals surface area contributed by atoms with Gasteiger partial charge in [0, 0.05) is 17.4 Å². The van der Waals surface area contributed by atoms with E-state index in [9.17, 15) is 9.59 Å². The predicted octanol–water partition coefficient (Wildman–Crippen LogP) is 1.28. The number of hydrogen-bond acceptors (Lipinski definition) is 4. The summed E-state index contributed by atoms with van der Waals surface area (Å²) in [5, 5.41) is 31.2. The number of nitriles is 1. The highest BCUT2D eigenvalue weighted by Gasteiger charge is 2.13. The normalized spacial score (nSPS) is 11.2. The second-order valence-electron chi connectivity index (χ2n) is 3.83. The average Bonchev–Trinajstić information content (AvgIpc) is 2.38. The summed E-state index contributed by atoms with van der Waals surface area (Å²) < 4.78 is 0.702. The molecule has 0 aromatic heterocycles. The molecule has 1 aromatic carbocycles. The Kier molecular flexibility index (Phi) is 5.96. The maximum Gasteiger partial charge on any atom is 0.332 e. The average molecular weight is 342 g/mol. The maximum atomic E-state index is 11.6. The van der Waals surface area contributed by atoms with E-state index in [0.717, 1.165) is 0 Å². The molecule has 1 rings (SSSR count). The molecule has 106 valence electrons. The standard InChI is InChI=1S/C12H12BrN3O4/c13-8-2-1-7(6-14)9(5-8)16-12(20)15-4-3-10(17)11(18)19/h1-2,5,10,17H,3-4H2,(H,18,19)(H2,15,16,20)/t10-/m0/s1. The van der Waals surface area contributed by atoms with Crippen molar-refractivity contribution in [1.29, 1.82) is 5.26 Å². The van der Waals surface area contributed by atoms with Crippen LogP contribution in [0.3, 0.4) is 0 Å². The van der Waals surface area contributed by atoms with Crippen LogP contribution in [-0.2, 0) is 4.79 Å². The maximum absolute atomic E-state index is 11.6. The minimum absolute atomic E-state index is 0.00477. The molecular weight excluding hydrogens is 330 g/mol. The molecule has 0 aliphatic rings. The molecule has 8 heteroatoms. The number of carbonyl (C=O) groups is 2. The van der Waals surface area contributed by atoms with Crippen molar-refractivity contribution < 1.29 is 19.8 Å². The molecule has 20 heavy (non-hydrogen) atoms. The Balaban J connectivity index is 2.53. The molecule has 2 amide bonds. The van der Waals surface area contributed by atoms with Crippen LogP contribution in [-0.4, -0.2) is 34.9 Å². The first kappa shape index (κ1) is 15.9. The quantitative estimate of drug-likeness (QED) is 0.642. The Morgan fingerprint density at radius 2 is 2.15 bits per heavy atom. The summed E-state index contributed by atoms with van der Waals surface area (Å²) in [6.45, 7) is -0.00477. The molecule has 0 spiro atoms. The number of carbonyl (C=O) groups excluding carboxylic acids is 1. The van der Waals surface area contributed by atoms with Crippen molar-refractivity contribution in [2.75, 3.05) is 11.9 Å². The largest absolute Gasteiger partial charge is 0.479 e. The zero-order chi connectivity index (χ0) is 15.1. The van der Waals surface area contributed by atoms with Crippen molar-refractivity contribution in [2.45, 2.75) is 12.5 Å². The van der Waals surface area contributed by atoms with Crippen molar-refractivity contribution in [3.05, 3.63) is 28.2 Å². The molecule has 0 aliphatic carbocycles. The zero-order valence-electron chi connectivity index (χ0n) is 10.3. The van der Waals surface area contributed by atoms with Gasteiger partial charge in [0.05, 0.1) is 11.3 Å². The summed E-state index contributed by atoms with van der Waals surface area (Å²) in [5.74, 6) is -1.34. The molecule has 0 fully saturated rings. The lowest BCUT2D eigenvalue weighted by Crippen LogP contribution is -2.33. The summed E-state index contributed by atoms with van der Waals surface area (Å²) in [6, 6.07) is 6.15. The molecular formula is C12H12BrN3O4. The topological polar surface area (TPSA) is 122 Å². The Morgan fingerprint density at radius 3 is 2.75 bits per heavy atom. The van der Waals surface area contributed by atoms with Gasteiger partial charge in [-0.1, -0.05) is 15.9 Å². The molecule has 0 heterocycles. The number of anilines is 1. The minimum atomic E-state index is -1.52. The number of rotatable bonds is 5. The highest BCUT2D eigenvalue weighted by Crippen LogP contribution is 2.20. The van der Waals surface area contributed by atoms with Crippen molar-refractivity contribution in [1.82, 2.24) is 5.32 Å². The highest BCUT2D eigenvalue weighted by atomic mass is 79.9. The van der Waals surface area contributed by atoms with Crippen LogP contribution in [0.1, 0.15) is 12.0 Å². The number of halogens is 1. The van der Waals surface area contributed by atoms with Gasteiger partial charge < -0.3 is 20.8 Å². The number of benzene rings is 1. The third-order valence-electron chi connectivity index (χ3n) is 2.34. The van der Waals surface area contributed by atoms with Gasteiger partial charge in [0.25, 0.3) is 0 Å². The minimum Gasteiger partial charge on any atom is -0.479 e. The summed E-state index contributed by atoms with van der Waals surface area (Å²) >= 11 is 3.22. The number of aliphatic hydroxyl groups excluding tert-OH is 1. The fourth-order valence-corrected chi connectivity index (χ4v) is 1.69. The van der Waals surface area contributed by atoms with Crippen LogP contribution in [0.5, 0.6) is 0 Å². The van der Waals surface area contributed by atoms with Gasteiger partial charge in [0.1, 0.15) is 6.07 Å². The van der Waals surface area contributed by atoms with Crippen molar-refractivity contribution in [3.63, 3.8) is 0 Å². The Bertz CT molecular complexity index is 556. The van der Waals surface area contributed by atoms with Crippen LogP contribution in [0.4, 0.5) is 10.5 Å². The monoisotopic (exact) mass is 341 g/mol. The molecule has 0 saturated heterocycles. The molecule has 0 aliphatic heterocycles. The van der Waals surface area contributed by atoms with Gasteiger partial charge >= 0.3 is 12.0 Å². The molecule has 0 unspecified atom stereocenters. The summed E-state index contributed by atoms with van der Waals surface area (Å²) in [4.78, 5) is 21.9. The Morgan fingerprint density at radius 1 is 1.45 bits per heavy atom. The number of carboxylic acid groups (broad SMARTS) is 1. The van der Waals surface area contributed by atoms with Crippen molar-refractivity contribution in [3.8, 4) is 6.07 Å². The van der Waals surface area contributed by atoms with E-state index >= 15 is 0 Å². The number of aliphatic carboxylic acids is 1. The smallest absolute Gasteiger partial charge is 0.332 e. The van der Waals surface area contributed by atoms with Gasteiger partial charge in [0.2, 0.25) is 0 Å². The van der Waals surface area contributed by atoms with E-state index in [4.69, 9.17) is 15.5 Å². The van der Waals surface area contributed by atoms with Gasteiger partial charge in [-0.2, -0.15) is 5.26 Å².